The van der Waals surface area contributed by atoms with Gasteiger partial charge < -0.3 is 20.1 Å². The van der Waals surface area contributed by atoms with E-state index in [1.807, 2.05) is 13.8 Å². The zero-order chi connectivity index (χ0) is 25.3. The van der Waals surface area contributed by atoms with Crippen LogP contribution in [-0.2, 0) is 4.74 Å². The fraction of sp³-hybridized carbons (Fsp3) is 0.935. The molecular formula is C31H53ClN2O2. The molecule has 0 aromatic heterocycles. The van der Waals surface area contributed by atoms with Crippen molar-refractivity contribution in [3.05, 3.63) is 11.6 Å². The molecule has 7 atom stereocenters. The van der Waals surface area contributed by atoms with Crippen molar-refractivity contribution in [2.75, 3.05) is 32.8 Å². The highest BCUT2D eigenvalue weighted by molar-refractivity contribution is 6.20. The van der Waals surface area contributed by atoms with Gasteiger partial charge in [-0.3, -0.25) is 0 Å². The summed E-state index contributed by atoms with van der Waals surface area (Å²) >= 11 is 6.82. The standard InChI is InChI=1S/C31H53ClN2O2/c1-30(2,35)22-12-13-29-25(20-22)23(24-8-6-16-33-28(24)21-36-29)9-7-17-34-18-14-31(3,15-19-34)26-10-4-5-11-27(26)32/h9,22,24-29,33,35H,4-8,10-21H2,1-3H3/b23-9+/t22-,24-,25+,26+,27-,28+,29?/m0/s1. The van der Waals surface area contributed by atoms with Gasteiger partial charge in [-0.25, -0.2) is 0 Å². The summed E-state index contributed by atoms with van der Waals surface area (Å²) in [7, 11) is 0. The summed E-state index contributed by atoms with van der Waals surface area (Å²) in [4.78, 5) is 2.71. The quantitative estimate of drug-likeness (QED) is 0.336. The third-order valence-electron chi connectivity index (χ3n) is 11.1. The van der Waals surface area contributed by atoms with Crippen molar-refractivity contribution >= 4 is 11.6 Å². The highest BCUT2D eigenvalue weighted by atomic mass is 35.5. The number of rotatable bonds is 5. The average molecular weight is 521 g/mol. The summed E-state index contributed by atoms with van der Waals surface area (Å²) in [5, 5.41) is 15.0. The van der Waals surface area contributed by atoms with E-state index >= 15 is 0 Å². The molecule has 5 fully saturated rings. The summed E-state index contributed by atoms with van der Waals surface area (Å²) in [6, 6.07) is 0.464. The molecule has 0 amide bonds. The number of ether oxygens (including phenoxy) is 1. The maximum Gasteiger partial charge on any atom is 0.0641 e. The Labute approximate surface area is 225 Å². The molecule has 1 unspecified atom stereocenters. The lowest BCUT2D eigenvalue weighted by molar-refractivity contribution is -0.0564. The highest BCUT2D eigenvalue weighted by Crippen LogP contribution is 2.48. The number of nitrogens with zero attached hydrogens (tertiary/aromatic N) is 1. The molecule has 0 bridgehead atoms. The van der Waals surface area contributed by atoms with E-state index < -0.39 is 5.60 Å². The third-order valence-corrected chi connectivity index (χ3v) is 11.6. The van der Waals surface area contributed by atoms with Crippen LogP contribution in [-0.4, -0.2) is 65.9 Å². The lowest BCUT2D eigenvalue weighted by Crippen LogP contribution is -2.46. The van der Waals surface area contributed by atoms with Crippen molar-refractivity contribution in [2.45, 2.75) is 121 Å². The Kier molecular flexibility index (Phi) is 8.80. The second-order valence-electron chi connectivity index (χ2n) is 13.8. The van der Waals surface area contributed by atoms with E-state index in [1.165, 1.54) is 71.0 Å². The van der Waals surface area contributed by atoms with Crippen molar-refractivity contribution in [3.8, 4) is 0 Å². The molecule has 0 spiro atoms. The normalized spacial score (nSPS) is 41.4. The lowest BCUT2D eigenvalue weighted by atomic mass is 9.65. The van der Waals surface area contributed by atoms with Gasteiger partial charge in [0, 0.05) is 23.9 Å². The van der Waals surface area contributed by atoms with E-state index in [-0.39, 0.29) is 0 Å². The number of alkyl halides is 1. The van der Waals surface area contributed by atoms with Gasteiger partial charge in [0.15, 0.2) is 0 Å². The van der Waals surface area contributed by atoms with Gasteiger partial charge in [0.25, 0.3) is 0 Å². The number of piperidine rings is 2. The topological polar surface area (TPSA) is 44.7 Å². The lowest BCUT2D eigenvalue weighted by Gasteiger charge is -2.47. The molecule has 0 radical (unpaired) electrons. The Morgan fingerprint density at radius 2 is 1.86 bits per heavy atom. The van der Waals surface area contributed by atoms with Gasteiger partial charge in [-0.05, 0) is 121 Å². The van der Waals surface area contributed by atoms with Crippen LogP contribution in [0.2, 0.25) is 0 Å². The smallest absolute Gasteiger partial charge is 0.0641 e. The predicted octanol–water partition coefficient (Wildman–Crippen LogP) is 6.16. The van der Waals surface area contributed by atoms with Crippen LogP contribution in [0.1, 0.15) is 97.8 Å². The minimum atomic E-state index is -0.604. The van der Waals surface area contributed by atoms with Crippen LogP contribution >= 0.6 is 11.6 Å². The van der Waals surface area contributed by atoms with Crippen LogP contribution in [0, 0.1) is 29.1 Å². The first-order valence-corrected chi connectivity index (χ1v) is 15.8. The van der Waals surface area contributed by atoms with Crippen LogP contribution in [0.4, 0.5) is 0 Å². The van der Waals surface area contributed by atoms with E-state index in [9.17, 15) is 5.11 Å². The van der Waals surface area contributed by atoms with E-state index in [4.69, 9.17) is 16.3 Å². The van der Waals surface area contributed by atoms with Gasteiger partial charge in [-0.15, -0.1) is 11.6 Å². The first-order chi connectivity index (χ1) is 17.2. The summed E-state index contributed by atoms with van der Waals surface area (Å²) in [6.45, 7) is 12.1. The number of nitrogens with one attached hydrogen (secondary N) is 1. The second kappa shape index (κ2) is 11.5. The van der Waals surface area contributed by atoms with Gasteiger partial charge in [-0.1, -0.05) is 31.4 Å². The molecule has 5 rings (SSSR count). The van der Waals surface area contributed by atoms with Gasteiger partial charge in [0.2, 0.25) is 0 Å². The molecule has 2 aliphatic carbocycles. The average Bonchev–Trinajstić information content (AvgIpc) is 3.02. The number of fused-ring (bicyclic) bond motifs is 2. The first kappa shape index (κ1) is 27.4. The SMILES string of the molecule is CC(C)(O)[C@H]1CCC2OC[C@H]3NCCC[C@H]3/C(=C\CCN3CCC(C)([C@@H]4CCCC[C@@H]4Cl)CC3)[C@H]2C1. The molecule has 36 heavy (non-hydrogen) atoms. The molecule has 2 N–H and O–H groups in total. The Bertz CT molecular complexity index is 756. The van der Waals surface area contributed by atoms with Crippen molar-refractivity contribution in [1.29, 1.82) is 0 Å². The summed E-state index contributed by atoms with van der Waals surface area (Å²) in [5.41, 5.74) is 1.49. The van der Waals surface area contributed by atoms with Gasteiger partial charge in [0.1, 0.15) is 0 Å². The molecule has 0 aromatic carbocycles. The number of hydrogen-bond acceptors (Lipinski definition) is 4. The van der Waals surface area contributed by atoms with Crippen LogP contribution in [0.3, 0.4) is 0 Å². The Morgan fingerprint density at radius 1 is 1.08 bits per heavy atom. The maximum absolute atomic E-state index is 10.8. The zero-order valence-electron chi connectivity index (χ0n) is 23.3. The van der Waals surface area contributed by atoms with Gasteiger partial charge in [-0.2, -0.15) is 0 Å². The minimum absolute atomic E-state index is 0.330. The van der Waals surface area contributed by atoms with E-state index in [2.05, 4.69) is 23.2 Å². The highest BCUT2D eigenvalue weighted by Gasteiger charge is 2.45. The number of halogens is 1. The van der Waals surface area contributed by atoms with Gasteiger partial charge >= 0.3 is 0 Å². The molecular weight excluding hydrogens is 468 g/mol. The molecule has 2 saturated carbocycles. The summed E-state index contributed by atoms with van der Waals surface area (Å²) in [5.74, 6) is 2.16. The molecule has 5 aliphatic rings. The van der Waals surface area contributed by atoms with E-state index in [0.717, 1.165) is 38.8 Å². The van der Waals surface area contributed by atoms with Crippen LogP contribution < -0.4 is 5.32 Å². The molecule has 4 nitrogen and oxygen atoms in total. The van der Waals surface area contributed by atoms with E-state index in [0.29, 0.717) is 46.6 Å². The second-order valence-corrected chi connectivity index (χ2v) is 14.4. The zero-order valence-corrected chi connectivity index (χ0v) is 24.1. The minimum Gasteiger partial charge on any atom is -0.390 e. The summed E-state index contributed by atoms with van der Waals surface area (Å²) < 4.78 is 6.55. The molecule has 5 heteroatoms. The monoisotopic (exact) mass is 520 g/mol. The third kappa shape index (κ3) is 6.03. The first-order valence-electron chi connectivity index (χ1n) is 15.4. The largest absolute Gasteiger partial charge is 0.390 e. The number of aliphatic hydroxyl groups is 1. The van der Waals surface area contributed by atoms with Crippen molar-refractivity contribution in [1.82, 2.24) is 10.2 Å². The predicted molar refractivity (Wildman–Crippen MR) is 149 cm³/mol. The van der Waals surface area contributed by atoms with Crippen molar-refractivity contribution in [3.63, 3.8) is 0 Å². The number of likely N-dealkylation sites (tertiary alicyclic amines) is 1. The molecule has 3 heterocycles. The molecule has 0 aromatic rings. The fourth-order valence-electron chi connectivity index (χ4n) is 8.61. The van der Waals surface area contributed by atoms with Crippen LogP contribution in [0.25, 0.3) is 0 Å². The number of hydrogen-bond donors (Lipinski definition) is 2. The fourth-order valence-corrected chi connectivity index (χ4v) is 9.19. The maximum atomic E-state index is 10.8. The Morgan fingerprint density at radius 3 is 2.61 bits per heavy atom. The Balaban J connectivity index is 1.23. The Hall–Kier alpha value is -0.130. The van der Waals surface area contributed by atoms with E-state index in [1.54, 1.807) is 5.57 Å². The van der Waals surface area contributed by atoms with Crippen molar-refractivity contribution in [2.24, 2.45) is 29.1 Å². The van der Waals surface area contributed by atoms with Crippen molar-refractivity contribution < 1.29 is 9.84 Å². The van der Waals surface area contributed by atoms with Crippen LogP contribution in [0.5, 0.6) is 0 Å². The summed E-state index contributed by atoms with van der Waals surface area (Å²) in [6.07, 6.45) is 17.8. The van der Waals surface area contributed by atoms with Gasteiger partial charge in [0.05, 0.1) is 18.3 Å². The molecule has 3 saturated heterocycles. The molecule has 3 aliphatic heterocycles. The molecule has 206 valence electrons. The van der Waals surface area contributed by atoms with Crippen LogP contribution in [0.15, 0.2) is 11.6 Å².